The molecule has 9 heteroatoms. The second kappa shape index (κ2) is 7.80. The monoisotopic (exact) mass is 365 g/mol. The normalized spacial score (nSPS) is 11.8. The van der Waals surface area contributed by atoms with E-state index < -0.39 is 24.6 Å². The zero-order valence-electron chi connectivity index (χ0n) is 10.7. The number of hydrogen-bond donors (Lipinski definition) is 1. The Morgan fingerprint density at radius 1 is 1.50 bits per heavy atom. The van der Waals surface area contributed by atoms with E-state index in [0.29, 0.717) is 0 Å². The molecule has 0 fully saturated rings. The number of nitrogens with zero attached hydrogens (tertiary/aromatic N) is 2. The predicted molar refractivity (Wildman–Crippen MR) is 58.6 cm³/mol. The fourth-order valence-electron chi connectivity index (χ4n) is 1.39. The maximum absolute atomic E-state index is 12.4. The minimum Gasteiger partial charge on any atom is -0.465 e. The van der Waals surface area contributed by atoms with Crippen molar-refractivity contribution >= 4 is 11.5 Å². The van der Waals surface area contributed by atoms with Crippen molar-refractivity contribution in [2.24, 2.45) is 0 Å². The van der Waals surface area contributed by atoms with Crippen LogP contribution in [0.25, 0.3) is 5.57 Å². The van der Waals surface area contributed by atoms with E-state index in [9.17, 15) is 18.0 Å². The summed E-state index contributed by atoms with van der Waals surface area (Å²) in [6.07, 6.45) is -2.53. The Labute approximate surface area is 138 Å². The summed E-state index contributed by atoms with van der Waals surface area (Å²) in [5, 5.41) is 9.07. The number of alkyl halides is 3. The third-order valence-electron chi connectivity index (χ3n) is 2.26. The molecule has 0 bridgehead atoms. The molecular weight excluding hydrogens is 354 g/mol. The maximum atomic E-state index is 12.4. The second-order valence-corrected chi connectivity index (χ2v) is 3.40. The average Bonchev–Trinajstić information content (AvgIpc) is 2.38. The third kappa shape index (κ3) is 4.32. The third-order valence-corrected chi connectivity index (χ3v) is 2.26. The number of methoxy groups -OCH3 is 1. The van der Waals surface area contributed by atoms with Gasteiger partial charge in [-0.1, -0.05) is 6.08 Å². The van der Waals surface area contributed by atoms with Gasteiger partial charge in [0.15, 0.2) is 0 Å². The second-order valence-electron chi connectivity index (χ2n) is 3.40. The minimum absolute atomic E-state index is 0. The summed E-state index contributed by atoms with van der Waals surface area (Å²) >= 11 is 0. The van der Waals surface area contributed by atoms with Gasteiger partial charge >= 0.3 is 12.1 Å². The Balaban J connectivity index is 0.00000361. The standard InChI is InChI=1S/C11H11F3N2O3.Y/c1-3-6(9(18)19-2)7-4-15-10(11(12,13)14)16-8(7)5-17;/h3-4,17H,5H2,1-2H3;/b6-3+;. The number of aromatic nitrogens is 2. The van der Waals surface area contributed by atoms with E-state index in [1.165, 1.54) is 13.0 Å². The molecule has 1 aromatic heterocycles. The van der Waals surface area contributed by atoms with Gasteiger partial charge in [-0.25, -0.2) is 14.8 Å². The molecule has 1 rings (SSSR count). The molecule has 1 radical (unpaired) electrons. The molecule has 0 amide bonds. The first-order valence-corrected chi connectivity index (χ1v) is 5.14. The molecule has 0 saturated carbocycles. The topological polar surface area (TPSA) is 72.3 Å². The van der Waals surface area contributed by atoms with Crippen molar-refractivity contribution in [3.63, 3.8) is 0 Å². The van der Waals surface area contributed by atoms with Crippen LogP contribution in [0.2, 0.25) is 0 Å². The smallest absolute Gasteiger partial charge is 0.451 e. The Bertz CT molecular complexity index is 518. The van der Waals surface area contributed by atoms with Crippen LogP contribution in [0.3, 0.4) is 0 Å². The van der Waals surface area contributed by atoms with Gasteiger partial charge < -0.3 is 9.84 Å². The summed E-state index contributed by atoms with van der Waals surface area (Å²) in [4.78, 5) is 17.8. The Hall–Kier alpha value is -0.856. The summed E-state index contributed by atoms with van der Waals surface area (Å²) in [6, 6.07) is 0. The van der Waals surface area contributed by atoms with Crippen molar-refractivity contribution in [1.82, 2.24) is 9.97 Å². The minimum atomic E-state index is -4.72. The van der Waals surface area contributed by atoms with Crippen LogP contribution >= 0.6 is 0 Å². The van der Waals surface area contributed by atoms with E-state index in [4.69, 9.17) is 5.11 Å². The van der Waals surface area contributed by atoms with E-state index in [0.717, 1.165) is 13.3 Å². The van der Waals surface area contributed by atoms with Crippen molar-refractivity contribution < 1.29 is 60.5 Å². The number of carbonyl (C=O) groups excluding carboxylic acids is 1. The van der Waals surface area contributed by atoms with Gasteiger partial charge in [-0.05, 0) is 6.92 Å². The number of allylic oxidation sites excluding steroid dienone is 1. The molecule has 1 heterocycles. The number of aliphatic hydroxyl groups excluding tert-OH is 1. The summed E-state index contributed by atoms with van der Waals surface area (Å²) in [5.41, 5.74) is -0.300. The molecule has 0 atom stereocenters. The molecule has 0 aliphatic heterocycles. The Morgan fingerprint density at radius 3 is 2.50 bits per heavy atom. The average molecular weight is 365 g/mol. The summed E-state index contributed by atoms with van der Waals surface area (Å²) in [5.74, 6) is -2.12. The number of carbonyl (C=O) groups is 1. The number of hydrogen-bond acceptors (Lipinski definition) is 5. The van der Waals surface area contributed by atoms with Crippen molar-refractivity contribution in [3.05, 3.63) is 29.4 Å². The first-order valence-electron chi connectivity index (χ1n) is 5.14. The van der Waals surface area contributed by atoms with E-state index in [2.05, 4.69) is 14.7 Å². The van der Waals surface area contributed by atoms with E-state index in [1.807, 2.05) is 0 Å². The molecule has 1 aromatic rings. The van der Waals surface area contributed by atoms with Gasteiger partial charge in [-0.3, -0.25) is 0 Å². The van der Waals surface area contributed by atoms with E-state index in [1.54, 1.807) is 0 Å². The van der Waals surface area contributed by atoms with Crippen molar-refractivity contribution in [2.45, 2.75) is 19.7 Å². The Morgan fingerprint density at radius 2 is 2.10 bits per heavy atom. The van der Waals surface area contributed by atoms with Crippen LogP contribution in [0.15, 0.2) is 12.3 Å². The number of ether oxygens (including phenoxy) is 1. The van der Waals surface area contributed by atoms with Crippen LogP contribution in [0.1, 0.15) is 24.0 Å². The van der Waals surface area contributed by atoms with Crippen LogP contribution in [0.4, 0.5) is 13.2 Å². The number of aliphatic hydroxyl groups is 1. The van der Waals surface area contributed by atoms with Crippen LogP contribution in [0, 0.1) is 0 Å². The molecule has 5 nitrogen and oxygen atoms in total. The van der Waals surface area contributed by atoms with Crippen molar-refractivity contribution in [2.75, 3.05) is 7.11 Å². The van der Waals surface area contributed by atoms with Crippen LogP contribution in [-0.2, 0) is 55.0 Å². The quantitative estimate of drug-likeness (QED) is 0.650. The number of halogens is 3. The van der Waals surface area contributed by atoms with Gasteiger partial charge in [-0.2, -0.15) is 13.2 Å². The fraction of sp³-hybridized carbons (Fsp3) is 0.364. The molecule has 0 spiro atoms. The van der Waals surface area contributed by atoms with E-state index in [-0.39, 0.29) is 49.5 Å². The molecule has 0 unspecified atom stereocenters. The molecule has 107 valence electrons. The van der Waals surface area contributed by atoms with Gasteiger partial charge in [0.05, 0.1) is 25.0 Å². The summed E-state index contributed by atoms with van der Waals surface area (Å²) in [7, 11) is 1.13. The molecule has 0 saturated heterocycles. The maximum Gasteiger partial charge on any atom is 0.451 e. The zero-order chi connectivity index (χ0) is 14.6. The number of rotatable bonds is 3. The van der Waals surface area contributed by atoms with Crippen molar-refractivity contribution in [1.29, 1.82) is 0 Å². The van der Waals surface area contributed by atoms with Crippen LogP contribution in [0.5, 0.6) is 0 Å². The fourth-order valence-corrected chi connectivity index (χ4v) is 1.39. The molecule has 1 N–H and O–H groups in total. The summed E-state index contributed by atoms with van der Waals surface area (Å²) in [6.45, 7) is 0.750. The number of esters is 1. The SMILES string of the molecule is C/C=C(/C(=O)OC)c1cnc(C(F)(F)F)nc1CO.[Y]. The van der Waals surface area contributed by atoms with Gasteiger partial charge in [-0.15, -0.1) is 0 Å². The summed E-state index contributed by atoms with van der Waals surface area (Å²) < 4.78 is 41.8. The van der Waals surface area contributed by atoms with Gasteiger partial charge in [0.25, 0.3) is 0 Å². The molecule has 0 aliphatic rings. The largest absolute Gasteiger partial charge is 0.465 e. The van der Waals surface area contributed by atoms with Gasteiger partial charge in [0, 0.05) is 44.5 Å². The first-order chi connectivity index (χ1) is 8.85. The van der Waals surface area contributed by atoms with Crippen LogP contribution < -0.4 is 0 Å². The zero-order valence-corrected chi connectivity index (χ0v) is 13.6. The van der Waals surface area contributed by atoms with Crippen LogP contribution in [-0.4, -0.2) is 28.2 Å². The predicted octanol–water partition coefficient (Wildman–Crippen LogP) is 1.56. The molecular formula is C11H11F3N2O3Y. The van der Waals surface area contributed by atoms with Gasteiger partial charge in [0.1, 0.15) is 0 Å². The molecule has 20 heavy (non-hydrogen) atoms. The van der Waals surface area contributed by atoms with E-state index >= 15 is 0 Å². The van der Waals surface area contributed by atoms with Crippen molar-refractivity contribution in [3.8, 4) is 0 Å². The van der Waals surface area contributed by atoms with Gasteiger partial charge in [0.2, 0.25) is 5.82 Å². The first kappa shape index (κ1) is 19.1. The Kier molecular flexibility index (Phi) is 7.47. The molecule has 0 aliphatic carbocycles. The molecule has 0 aromatic carbocycles.